The van der Waals surface area contributed by atoms with E-state index >= 15 is 0 Å². The molecule has 12 heteroatoms. The molecule has 1 aromatic rings. The van der Waals surface area contributed by atoms with Crippen LogP contribution in [0.3, 0.4) is 0 Å². The molecule has 3 N–H and O–H groups in total. The van der Waals surface area contributed by atoms with Gasteiger partial charge in [0.25, 0.3) is 0 Å². The summed E-state index contributed by atoms with van der Waals surface area (Å²) in [6, 6.07) is -0.365. The normalized spacial score (nSPS) is 13.9. The van der Waals surface area contributed by atoms with E-state index in [4.69, 9.17) is 5.21 Å². The lowest BCUT2D eigenvalue weighted by molar-refractivity contribution is -0.991. The summed E-state index contributed by atoms with van der Waals surface area (Å²) in [7, 11) is 0. The summed E-state index contributed by atoms with van der Waals surface area (Å²) < 4.78 is 77.4. The molecule has 1 unspecified atom stereocenters. The minimum Gasteiger partial charge on any atom is -0.595 e. The average Bonchev–Trinajstić information content (AvgIpc) is 2.34. The summed E-state index contributed by atoms with van der Waals surface area (Å²) in [4.78, 5) is 11.1. The maximum atomic E-state index is 12.2. The van der Waals surface area contributed by atoms with Gasteiger partial charge >= 0.3 is 18.4 Å². The molecule has 1 atom stereocenters. The number of rotatable bonds is 3. The quantitative estimate of drug-likeness (QED) is 0.580. The third kappa shape index (κ3) is 5.05. The molecule has 1 amide bonds. The van der Waals surface area contributed by atoms with Crippen molar-refractivity contribution in [2.24, 2.45) is 0 Å². The van der Waals surface area contributed by atoms with Gasteiger partial charge in [0.05, 0.1) is 0 Å². The van der Waals surface area contributed by atoms with Crippen LogP contribution in [0.25, 0.3) is 0 Å². The smallest absolute Gasteiger partial charge is 0.417 e. The van der Waals surface area contributed by atoms with Crippen LogP contribution in [0.5, 0.6) is 5.75 Å². The molecular formula is C10H8F6N2O4. The van der Waals surface area contributed by atoms with Crippen molar-refractivity contribution in [1.29, 1.82) is 0 Å². The number of carbonyl (C=O) groups is 1. The number of hydrogen-bond donors (Lipinski definition) is 3. The molecule has 0 radical (unpaired) electrons. The van der Waals surface area contributed by atoms with E-state index in [1.165, 1.54) is 0 Å². The number of amides is 1. The molecule has 0 fully saturated rings. The van der Waals surface area contributed by atoms with Gasteiger partial charge in [-0.1, -0.05) is 0 Å². The number of hydrogen-bond acceptors (Lipinski definition) is 4. The fraction of sp³-hybridized carbons (Fsp3) is 0.300. The van der Waals surface area contributed by atoms with Crippen LogP contribution in [0.2, 0.25) is 0 Å². The van der Waals surface area contributed by atoms with E-state index in [2.05, 4.69) is 4.74 Å². The maximum absolute atomic E-state index is 12.2. The van der Waals surface area contributed by atoms with Gasteiger partial charge in [-0.15, -0.1) is 0 Å². The Morgan fingerprint density at radius 2 is 1.59 bits per heavy atom. The number of benzene rings is 1. The van der Waals surface area contributed by atoms with Crippen molar-refractivity contribution in [3.05, 3.63) is 29.5 Å². The second kappa shape index (κ2) is 6.37. The lowest BCUT2D eigenvalue weighted by Gasteiger charge is -2.23. The second-order valence-corrected chi connectivity index (χ2v) is 3.88. The largest absolute Gasteiger partial charge is 0.595 e. The summed E-state index contributed by atoms with van der Waals surface area (Å²) in [5, 5.41) is 18.5. The Labute approximate surface area is 118 Å². The lowest BCUT2D eigenvalue weighted by atomic mass is 10.3. The molecule has 0 aliphatic carbocycles. The first kappa shape index (κ1) is 18.0. The van der Waals surface area contributed by atoms with Crippen molar-refractivity contribution < 1.29 is 46.3 Å². The number of quaternary nitrogens is 1. The van der Waals surface area contributed by atoms with E-state index in [0.717, 1.165) is 24.3 Å². The molecule has 0 saturated heterocycles. The van der Waals surface area contributed by atoms with E-state index in [-0.39, 0.29) is 5.69 Å². The highest BCUT2D eigenvalue weighted by molar-refractivity contribution is 5.71. The Balaban J connectivity index is 2.76. The highest BCUT2D eigenvalue weighted by Crippen LogP contribution is 2.33. The van der Waals surface area contributed by atoms with Crippen molar-refractivity contribution in [3.8, 4) is 5.75 Å². The Hall–Kier alpha value is -2.05. The van der Waals surface area contributed by atoms with E-state index in [1.54, 1.807) is 0 Å². The first-order chi connectivity index (χ1) is 9.91. The highest BCUT2D eigenvalue weighted by Gasteiger charge is 2.57. The predicted octanol–water partition coefficient (Wildman–Crippen LogP) is 1.67. The second-order valence-electron chi connectivity index (χ2n) is 3.88. The molecular weight excluding hydrogens is 326 g/mol. The summed E-state index contributed by atoms with van der Waals surface area (Å²) in [6.45, 7) is 0. The third-order valence-corrected chi connectivity index (χ3v) is 2.23. The monoisotopic (exact) mass is 334 g/mol. The molecule has 0 aliphatic heterocycles. The van der Waals surface area contributed by atoms with Crippen LogP contribution in [-0.4, -0.2) is 29.7 Å². The van der Waals surface area contributed by atoms with Gasteiger partial charge in [-0.05, 0) is 12.1 Å². The van der Waals surface area contributed by atoms with Crippen LogP contribution in [0.4, 0.5) is 36.8 Å². The Morgan fingerprint density at radius 3 is 1.95 bits per heavy atom. The van der Waals surface area contributed by atoms with E-state index in [1.807, 2.05) is 0 Å². The Bertz CT molecular complexity index is 500. The van der Waals surface area contributed by atoms with Crippen molar-refractivity contribution >= 4 is 11.8 Å². The molecule has 22 heavy (non-hydrogen) atoms. The summed E-state index contributed by atoms with van der Waals surface area (Å²) >= 11 is 0. The zero-order valence-electron chi connectivity index (χ0n) is 10.3. The van der Waals surface area contributed by atoms with Gasteiger partial charge in [0.2, 0.25) is 6.04 Å². The van der Waals surface area contributed by atoms with Gasteiger partial charge in [-0.2, -0.15) is 31.6 Å². The highest BCUT2D eigenvalue weighted by atomic mass is 19.4. The van der Waals surface area contributed by atoms with E-state index < -0.39 is 35.5 Å². The molecule has 6 nitrogen and oxygen atoms in total. The molecule has 1 aromatic carbocycles. The van der Waals surface area contributed by atoms with Gasteiger partial charge in [0.1, 0.15) is 5.75 Å². The number of carbonyl (C=O) groups excluding carboxylic acids is 1. The van der Waals surface area contributed by atoms with Crippen LogP contribution in [0, 0.1) is 5.21 Å². The fourth-order valence-electron chi connectivity index (χ4n) is 1.27. The van der Waals surface area contributed by atoms with Gasteiger partial charge in [-0.25, -0.2) is 10.0 Å². The Kier molecular flexibility index (Phi) is 5.22. The molecule has 1 rings (SSSR count). The average molecular weight is 334 g/mol. The number of halogens is 6. The third-order valence-electron chi connectivity index (χ3n) is 2.23. The number of ether oxygens (including phenoxy) is 1. The van der Waals surface area contributed by atoms with Crippen LogP contribution in [0.1, 0.15) is 0 Å². The molecule has 124 valence electrons. The van der Waals surface area contributed by atoms with Gasteiger partial charge in [-0.3, -0.25) is 0 Å². The van der Waals surface area contributed by atoms with E-state index in [0.29, 0.717) is 5.32 Å². The first-order valence-corrected chi connectivity index (χ1v) is 5.36. The summed E-state index contributed by atoms with van der Waals surface area (Å²) in [5.41, 5.74) is -0.212. The van der Waals surface area contributed by atoms with Crippen molar-refractivity contribution in [3.63, 3.8) is 0 Å². The molecule has 0 bridgehead atoms. The van der Waals surface area contributed by atoms with Crippen LogP contribution < -0.4 is 15.3 Å². The standard InChI is InChI=1S/C10H8F6N2O4/c11-9(12,13)7(10(14,15)16)17-8(19)22-6-3-1-5(2-4-6)18(20)21/h1-4,7,18,20H,(H,17,19). The minimum atomic E-state index is -5.75. The minimum absolute atomic E-state index is 0.212. The fourth-order valence-corrected chi connectivity index (χ4v) is 1.27. The van der Waals surface area contributed by atoms with Gasteiger partial charge in [0, 0.05) is 12.1 Å². The SMILES string of the molecule is O=C(NC(C(F)(F)F)C(F)(F)F)Oc1ccc([NH+]([O-])O)cc1. The predicted molar refractivity (Wildman–Crippen MR) is 57.3 cm³/mol. The van der Waals surface area contributed by atoms with Crippen molar-refractivity contribution in [2.45, 2.75) is 18.4 Å². The van der Waals surface area contributed by atoms with Crippen LogP contribution in [-0.2, 0) is 0 Å². The van der Waals surface area contributed by atoms with Gasteiger partial charge in [0.15, 0.2) is 5.69 Å². The summed E-state index contributed by atoms with van der Waals surface area (Å²) in [5.74, 6) is -0.425. The molecule has 0 heterocycles. The first-order valence-electron chi connectivity index (χ1n) is 5.36. The summed E-state index contributed by atoms with van der Waals surface area (Å²) in [6.07, 6.45) is -13.5. The van der Waals surface area contributed by atoms with E-state index in [9.17, 15) is 36.3 Å². The van der Waals surface area contributed by atoms with Crippen LogP contribution >= 0.6 is 0 Å². The van der Waals surface area contributed by atoms with Crippen molar-refractivity contribution in [2.75, 3.05) is 0 Å². The number of alkyl halides is 6. The maximum Gasteiger partial charge on any atom is 0.417 e. The van der Waals surface area contributed by atoms with Crippen LogP contribution in [0.15, 0.2) is 24.3 Å². The molecule has 0 saturated carbocycles. The lowest BCUT2D eigenvalue weighted by Crippen LogP contribution is -2.99. The molecule has 0 spiro atoms. The molecule has 0 aliphatic rings. The topological polar surface area (TPSA) is 86.1 Å². The Morgan fingerprint density at radius 1 is 1.14 bits per heavy atom. The molecule has 0 aromatic heterocycles. The van der Waals surface area contributed by atoms with Crippen molar-refractivity contribution in [1.82, 2.24) is 5.32 Å². The zero-order valence-corrected chi connectivity index (χ0v) is 10.3. The van der Waals surface area contributed by atoms with Gasteiger partial charge < -0.3 is 15.3 Å². The number of nitrogens with one attached hydrogen (secondary N) is 2. The zero-order chi connectivity index (χ0) is 17.1.